The molecule has 0 fully saturated rings. The summed E-state index contributed by atoms with van der Waals surface area (Å²) in [7, 11) is 4.13. The monoisotopic (exact) mass is 654 g/mol. The Labute approximate surface area is 279 Å². The Morgan fingerprint density at radius 3 is 1.84 bits per heavy atom. The Balaban J connectivity index is 2.54. The van der Waals surface area contributed by atoms with Crippen LogP contribution in [0.2, 0.25) is 0 Å². The van der Waals surface area contributed by atoms with Gasteiger partial charge in [-0.1, -0.05) is 147 Å². The Kier molecular flexibility index (Phi) is 27.3. The molecule has 0 saturated heterocycles. The second-order valence-electron chi connectivity index (χ2n) is 12.3. The van der Waals surface area contributed by atoms with Crippen molar-refractivity contribution in [1.29, 1.82) is 0 Å². The zero-order valence-corrected chi connectivity index (χ0v) is 30.7. The average molecular weight is 655 g/mol. The Morgan fingerprint density at radius 1 is 0.682 bits per heavy atom. The third kappa shape index (κ3) is 24.2. The lowest BCUT2D eigenvalue weighted by atomic mass is 10.0. The van der Waals surface area contributed by atoms with E-state index in [0.29, 0.717) is 30.8 Å². The Morgan fingerprint density at radius 2 is 1.25 bits per heavy atom. The van der Waals surface area contributed by atoms with E-state index in [9.17, 15) is 4.79 Å². The maximum atomic E-state index is 12.4. The van der Waals surface area contributed by atoms with Crippen molar-refractivity contribution in [2.24, 2.45) is 0 Å². The molecule has 44 heavy (non-hydrogen) atoms. The molecule has 0 spiro atoms. The highest BCUT2D eigenvalue weighted by atomic mass is 32.2. The quantitative estimate of drug-likeness (QED) is 0.0441. The molecule has 0 saturated carbocycles. The van der Waals surface area contributed by atoms with E-state index in [1.165, 1.54) is 89.9 Å². The van der Waals surface area contributed by atoms with Crippen molar-refractivity contribution in [3.05, 3.63) is 0 Å². The molecule has 1 aromatic heterocycles. The van der Waals surface area contributed by atoms with Crippen LogP contribution < -0.4 is 4.74 Å². The van der Waals surface area contributed by atoms with Gasteiger partial charge in [-0.15, -0.1) is 0 Å². The summed E-state index contributed by atoms with van der Waals surface area (Å²) < 4.78 is 11.4. The minimum atomic E-state index is -0.137. The zero-order chi connectivity index (χ0) is 32.1. The molecule has 256 valence electrons. The summed E-state index contributed by atoms with van der Waals surface area (Å²) in [6.45, 7) is 8.50. The lowest BCUT2D eigenvalue weighted by Crippen LogP contribution is -2.16. The van der Waals surface area contributed by atoms with Gasteiger partial charge in [0.1, 0.15) is 0 Å². The van der Waals surface area contributed by atoms with Crippen LogP contribution in [-0.2, 0) is 9.53 Å². The molecular formula is C35H66N4O3S2. The lowest BCUT2D eigenvalue weighted by molar-refractivity contribution is -0.143. The fraction of sp³-hybridized carbons (Fsp3) is 0.886. The van der Waals surface area contributed by atoms with Gasteiger partial charge in [0.15, 0.2) is 10.3 Å². The molecule has 1 atom stereocenters. The largest absolute Gasteiger partial charge is 0.466 e. The normalized spacial score (nSPS) is 12.1. The van der Waals surface area contributed by atoms with Crippen LogP contribution in [0.1, 0.15) is 156 Å². The van der Waals surface area contributed by atoms with Crippen LogP contribution in [0.15, 0.2) is 10.3 Å². The fourth-order valence-electron chi connectivity index (χ4n) is 4.94. The van der Waals surface area contributed by atoms with Crippen molar-refractivity contribution in [2.45, 2.75) is 171 Å². The summed E-state index contributed by atoms with van der Waals surface area (Å²) in [5.41, 5.74) is 0. The average Bonchev–Trinajstić information content (AvgIpc) is 3.00. The van der Waals surface area contributed by atoms with E-state index in [1.54, 1.807) is 23.5 Å². The Bertz CT molecular complexity index is 816. The maximum Gasteiger partial charge on any atom is 0.321 e. The second kappa shape index (κ2) is 29.3. The molecule has 1 rings (SSSR count). The van der Waals surface area contributed by atoms with E-state index >= 15 is 0 Å². The van der Waals surface area contributed by atoms with Crippen LogP contribution >= 0.6 is 23.5 Å². The van der Waals surface area contributed by atoms with E-state index in [4.69, 9.17) is 14.5 Å². The van der Waals surface area contributed by atoms with Crippen molar-refractivity contribution in [2.75, 3.05) is 39.6 Å². The summed E-state index contributed by atoms with van der Waals surface area (Å²) in [5, 5.41) is 1.45. The molecule has 0 amide bonds. The van der Waals surface area contributed by atoms with Crippen molar-refractivity contribution in [3.8, 4) is 6.01 Å². The van der Waals surface area contributed by atoms with Crippen LogP contribution in [0.3, 0.4) is 0 Å². The van der Waals surface area contributed by atoms with Gasteiger partial charge in [0.2, 0.25) is 0 Å². The number of hydrogen-bond acceptors (Lipinski definition) is 9. The molecule has 0 aliphatic rings. The van der Waals surface area contributed by atoms with Crippen molar-refractivity contribution in [1.82, 2.24) is 19.9 Å². The summed E-state index contributed by atoms with van der Waals surface area (Å²) in [5.74, 6) is 0.859. The summed E-state index contributed by atoms with van der Waals surface area (Å²) in [4.78, 5) is 28.7. The number of thioether (sulfide) groups is 2. The van der Waals surface area contributed by atoms with E-state index in [1.807, 2.05) is 6.92 Å². The third-order valence-electron chi connectivity index (χ3n) is 7.55. The van der Waals surface area contributed by atoms with Gasteiger partial charge in [-0.3, -0.25) is 4.79 Å². The Hall–Kier alpha value is -1.06. The number of aromatic nitrogens is 3. The van der Waals surface area contributed by atoms with E-state index in [0.717, 1.165) is 56.0 Å². The highest BCUT2D eigenvalue weighted by molar-refractivity contribution is 8.00. The molecule has 7 nitrogen and oxygen atoms in total. The molecule has 9 heteroatoms. The SMILES string of the molecule is CCCCCCCCCCCCCCCCSc1nc(OCCCN(C)C)nc(SC(CCCCC)CC(=O)OCCC)n1. The summed E-state index contributed by atoms with van der Waals surface area (Å²) >= 11 is 3.27. The molecule has 0 aliphatic carbocycles. The molecule has 1 unspecified atom stereocenters. The molecule has 1 aromatic rings. The van der Waals surface area contributed by atoms with Gasteiger partial charge < -0.3 is 14.4 Å². The van der Waals surface area contributed by atoms with E-state index in [-0.39, 0.29) is 11.2 Å². The van der Waals surface area contributed by atoms with Crippen molar-refractivity contribution in [3.63, 3.8) is 0 Å². The smallest absolute Gasteiger partial charge is 0.321 e. The zero-order valence-electron chi connectivity index (χ0n) is 29.1. The van der Waals surface area contributed by atoms with Crippen LogP contribution in [0, 0.1) is 0 Å². The van der Waals surface area contributed by atoms with Gasteiger partial charge in [0.05, 0.1) is 19.6 Å². The minimum absolute atomic E-state index is 0.0820. The predicted octanol–water partition coefficient (Wildman–Crippen LogP) is 10.2. The molecule has 1 heterocycles. The van der Waals surface area contributed by atoms with Gasteiger partial charge in [-0.05, 0) is 39.8 Å². The first-order valence-electron chi connectivity index (χ1n) is 18.0. The van der Waals surface area contributed by atoms with Crippen molar-refractivity contribution < 1.29 is 14.3 Å². The number of ether oxygens (including phenoxy) is 2. The molecule has 0 N–H and O–H groups in total. The van der Waals surface area contributed by atoms with Crippen LogP contribution in [-0.4, -0.2) is 70.7 Å². The number of hydrogen-bond donors (Lipinski definition) is 0. The van der Waals surface area contributed by atoms with Crippen molar-refractivity contribution >= 4 is 29.5 Å². The maximum absolute atomic E-state index is 12.4. The number of rotatable bonds is 31. The molecular weight excluding hydrogens is 589 g/mol. The number of nitrogens with zero attached hydrogens (tertiary/aromatic N) is 4. The first-order chi connectivity index (χ1) is 21.5. The molecule has 0 aromatic carbocycles. The summed E-state index contributed by atoms with van der Waals surface area (Å²) in [6, 6.07) is 0.394. The lowest BCUT2D eigenvalue weighted by Gasteiger charge is -2.16. The van der Waals surface area contributed by atoms with Crippen LogP contribution in [0.5, 0.6) is 6.01 Å². The number of carbonyl (C=O) groups is 1. The minimum Gasteiger partial charge on any atom is -0.466 e. The first-order valence-corrected chi connectivity index (χ1v) is 19.8. The van der Waals surface area contributed by atoms with Gasteiger partial charge in [0.25, 0.3) is 0 Å². The van der Waals surface area contributed by atoms with Gasteiger partial charge >= 0.3 is 12.0 Å². The van der Waals surface area contributed by atoms with Gasteiger partial charge in [-0.2, -0.15) is 15.0 Å². The third-order valence-corrected chi connectivity index (χ3v) is 9.61. The van der Waals surface area contributed by atoms with E-state index < -0.39 is 0 Å². The second-order valence-corrected chi connectivity index (χ2v) is 14.6. The molecule has 0 radical (unpaired) electrons. The predicted molar refractivity (Wildman–Crippen MR) is 189 cm³/mol. The van der Waals surface area contributed by atoms with Gasteiger partial charge in [-0.25, -0.2) is 0 Å². The van der Waals surface area contributed by atoms with Crippen LogP contribution in [0.25, 0.3) is 0 Å². The first kappa shape index (κ1) is 41.0. The van der Waals surface area contributed by atoms with Gasteiger partial charge in [0, 0.05) is 17.5 Å². The molecule has 0 bridgehead atoms. The number of esters is 1. The number of carbonyl (C=O) groups excluding carboxylic acids is 1. The van der Waals surface area contributed by atoms with Crippen LogP contribution in [0.4, 0.5) is 0 Å². The summed E-state index contributed by atoms with van der Waals surface area (Å²) in [6.07, 6.45) is 25.5. The highest BCUT2D eigenvalue weighted by Crippen LogP contribution is 2.30. The van der Waals surface area contributed by atoms with E-state index in [2.05, 4.69) is 42.8 Å². The molecule has 0 aliphatic heterocycles. The fourth-order valence-corrected chi connectivity index (χ4v) is 6.90. The topological polar surface area (TPSA) is 77.4 Å². The highest BCUT2D eigenvalue weighted by Gasteiger charge is 2.19. The standard InChI is InChI=1S/C35H66N4O3S2/c1-6-9-11-12-13-14-15-16-17-18-19-20-21-23-29-43-34-36-33(42-28-24-26-39(4)5)37-35(38-34)44-31(25-22-10-7-2)30-32(40)41-27-8-3/h31H,6-30H2,1-5H3. The number of unbranched alkanes of at least 4 members (excludes halogenated alkanes) is 15.